The number of thiocarbonyl (C=S) groups is 1. The molecule has 0 saturated carbocycles. The van der Waals surface area contributed by atoms with Crippen molar-refractivity contribution in [3.8, 4) is 0 Å². The lowest BCUT2D eigenvalue weighted by Gasteiger charge is -2.25. The second-order valence-electron chi connectivity index (χ2n) is 4.50. The number of carbonyl (C=O) groups excluding carboxylic acids is 1. The van der Waals surface area contributed by atoms with Crippen LogP contribution in [0.25, 0.3) is 0 Å². The van der Waals surface area contributed by atoms with Crippen LogP contribution in [0.4, 0.5) is 0 Å². The average molecular weight is 245 g/mol. The number of nitrogens with zero attached hydrogens (tertiary/aromatic N) is 1. The minimum absolute atomic E-state index is 0.0728. The summed E-state index contributed by atoms with van der Waals surface area (Å²) in [5, 5.41) is 2.86. The van der Waals surface area contributed by atoms with Crippen molar-refractivity contribution >= 4 is 23.1 Å². The van der Waals surface area contributed by atoms with Crippen molar-refractivity contribution in [3.05, 3.63) is 0 Å². The van der Waals surface area contributed by atoms with Crippen molar-refractivity contribution in [1.29, 1.82) is 0 Å². The molecule has 0 bridgehead atoms. The van der Waals surface area contributed by atoms with Gasteiger partial charge >= 0.3 is 0 Å². The van der Waals surface area contributed by atoms with E-state index in [1.807, 2.05) is 13.8 Å². The normalized spacial score (nSPS) is 11.2. The van der Waals surface area contributed by atoms with Crippen molar-refractivity contribution in [3.63, 3.8) is 0 Å². The monoisotopic (exact) mass is 245 g/mol. The Kier molecular flexibility index (Phi) is 7.25. The first-order chi connectivity index (χ1) is 7.32. The number of hydrogen-bond acceptors (Lipinski definition) is 3. The van der Waals surface area contributed by atoms with Crippen LogP contribution < -0.4 is 11.1 Å². The summed E-state index contributed by atoms with van der Waals surface area (Å²) < 4.78 is 0. The van der Waals surface area contributed by atoms with Crippen molar-refractivity contribution in [2.24, 2.45) is 5.73 Å². The Bertz CT molecular complexity index is 241. The Morgan fingerprint density at radius 1 is 1.38 bits per heavy atom. The third-order valence-corrected chi connectivity index (χ3v) is 2.29. The first-order valence-corrected chi connectivity index (χ1v) is 6.05. The van der Waals surface area contributed by atoms with Crippen molar-refractivity contribution < 1.29 is 4.79 Å². The first kappa shape index (κ1) is 15.3. The lowest BCUT2D eigenvalue weighted by molar-refractivity contribution is -0.121. The van der Waals surface area contributed by atoms with E-state index in [-0.39, 0.29) is 11.9 Å². The third kappa shape index (κ3) is 7.59. The first-order valence-electron chi connectivity index (χ1n) is 5.64. The highest BCUT2D eigenvalue weighted by Crippen LogP contribution is 1.99. The molecule has 0 aromatic heterocycles. The van der Waals surface area contributed by atoms with E-state index in [4.69, 9.17) is 18.0 Å². The van der Waals surface area contributed by atoms with Gasteiger partial charge in [-0.15, -0.1) is 0 Å². The summed E-state index contributed by atoms with van der Waals surface area (Å²) in [7, 11) is 0. The smallest absolute Gasteiger partial charge is 0.221 e. The molecule has 0 unspecified atom stereocenters. The number of nitrogens with two attached hydrogens (primary N) is 1. The quantitative estimate of drug-likeness (QED) is 0.654. The molecule has 4 nitrogen and oxygen atoms in total. The van der Waals surface area contributed by atoms with Crippen LogP contribution in [0.2, 0.25) is 0 Å². The standard InChI is InChI=1S/C11H23N3OS/c1-8(2)13-11(15)5-6-14(9(3)4)7-10(12)16/h8-9H,5-7H2,1-4H3,(H2,12,16)(H,13,15). The fourth-order valence-corrected chi connectivity index (χ4v) is 1.53. The van der Waals surface area contributed by atoms with Gasteiger partial charge in [0, 0.05) is 31.6 Å². The Labute approximate surface area is 104 Å². The van der Waals surface area contributed by atoms with Crippen molar-refractivity contribution in [1.82, 2.24) is 10.2 Å². The maximum Gasteiger partial charge on any atom is 0.221 e. The fraction of sp³-hybridized carbons (Fsp3) is 0.818. The summed E-state index contributed by atoms with van der Waals surface area (Å²) in [4.78, 5) is 14.0. The summed E-state index contributed by atoms with van der Waals surface area (Å²) >= 11 is 4.88. The van der Waals surface area contributed by atoms with Gasteiger partial charge in [0.2, 0.25) is 5.91 Å². The fourth-order valence-electron chi connectivity index (χ4n) is 1.36. The highest BCUT2D eigenvalue weighted by Gasteiger charge is 2.12. The number of carbonyl (C=O) groups is 1. The molecule has 0 aliphatic carbocycles. The lowest BCUT2D eigenvalue weighted by Crippen LogP contribution is -2.40. The lowest BCUT2D eigenvalue weighted by atomic mass is 10.2. The van der Waals surface area contributed by atoms with Crippen LogP contribution in [0.15, 0.2) is 0 Å². The summed E-state index contributed by atoms with van der Waals surface area (Å²) in [6, 6.07) is 0.531. The molecule has 5 heteroatoms. The van der Waals surface area contributed by atoms with E-state index < -0.39 is 0 Å². The zero-order chi connectivity index (χ0) is 12.7. The van der Waals surface area contributed by atoms with Gasteiger partial charge in [-0.25, -0.2) is 0 Å². The summed E-state index contributed by atoms with van der Waals surface area (Å²) in [5.74, 6) is 0.0728. The molecule has 94 valence electrons. The highest BCUT2D eigenvalue weighted by molar-refractivity contribution is 7.80. The number of nitrogens with one attached hydrogen (secondary N) is 1. The Morgan fingerprint density at radius 2 is 1.94 bits per heavy atom. The van der Waals surface area contributed by atoms with Gasteiger partial charge in [0.1, 0.15) is 0 Å². The Hall–Kier alpha value is -0.680. The third-order valence-electron chi connectivity index (χ3n) is 2.16. The largest absolute Gasteiger partial charge is 0.392 e. The Morgan fingerprint density at radius 3 is 2.31 bits per heavy atom. The van der Waals surface area contributed by atoms with Gasteiger partial charge in [-0.05, 0) is 27.7 Å². The molecular formula is C11H23N3OS. The van der Waals surface area contributed by atoms with Gasteiger partial charge in [-0.2, -0.15) is 0 Å². The van der Waals surface area contributed by atoms with Crippen LogP contribution in [0.5, 0.6) is 0 Å². The molecule has 16 heavy (non-hydrogen) atoms. The molecule has 0 aromatic rings. The van der Waals surface area contributed by atoms with E-state index in [1.54, 1.807) is 0 Å². The predicted octanol–water partition coefficient (Wildman–Crippen LogP) is 0.898. The zero-order valence-electron chi connectivity index (χ0n) is 10.6. The van der Waals surface area contributed by atoms with Gasteiger partial charge in [0.15, 0.2) is 0 Å². The van der Waals surface area contributed by atoms with Crippen LogP contribution in [-0.2, 0) is 4.79 Å². The van der Waals surface area contributed by atoms with Crippen molar-refractivity contribution in [2.45, 2.75) is 46.2 Å². The van der Waals surface area contributed by atoms with Gasteiger partial charge in [-0.3, -0.25) is 9.69 Å². The maximum atomic E-state index is 11.5. The van der Waals surface area contributed by atoms with Crippen molar-refractivity contribution in [2.75, 3.05) is 13.1 Å². The molecule has 0 aromatic carbocycles. The average Bonchev–Trinajstić information content (AvgIpc) is 2.09. The van der Waals surface area contributed by atoms with E-state index in [2.05, 4.69) is 24.1 Å². The number of hydrogen-bond donors (Lipinski definition) is 2. The van der Waals surface area contributed by atoms with Crippen LogP contribution in [0.1, 0.15) is 34.1 Å². The molecule has 0 fully saturated rings. The SMILES string of the molecule is CC(C)NC(=O)CCN(CC(N)=S)C(C)C. The summed E-state index contributed by atoms with van der Waals surface area (Å²) in [6.07, 6.45) is 0.485. The van der Waals surface area contributed by atoms with Gasteiger partial charge in [0.05, 0.1) is 4.99 Å². The van der Waals surface area contributed by atoms with E-state index >= 15 is 0 Å². The second-order valence-corrected chi connectivity index (χ2v) is 5.03. The molecule has 0 radical (unpaired) electrons. The molecule has 3 N–H and O–H groups in total. The highest BCUT2D eigenvalue weighted by atomic mass is 32.1. The molecule has 0 aliphatic heterocycles. The molecule has 0 atom stereocenters. The van der Waals surface area contributed by atoms with E-state index in [9.17, 15) is 4.79 Å². The molecule has 0 rings (SSSR count). The van der Waals surface area contributed by atoms with Crippen LogP contribution in [0, 0.1) is 0 Å². The predicted molar refractivity (Wildman–Crippen MR) is 71.4 cm³/mol. The molecule has 0 aliphatic rings. The molecule has 1 amide bonds. The summed E-state index contributed by atoms with van der Waals surface area (Å²) in [5.41, 5.74) is 5.51. The van der Waals surface area contributed by atoms with Gasteiger partial charge < -0.3 is 11.1 Å². The van der Waals surface area contributed by atoms with Gasteiger partial charge in [0.25, 0.3) is 0 Å². The van der Waals surface area contributed by atoms with Gasteiger partial charge in [-0.1, -0.05) is 12.2 Å². The van der Waals surface area contributed by atoms with E-state index in [0.717, 1.165) is 0 Å². The minimum Gasteiger partial charge on any atom is -0.392 e. The van der Waals surface area contributed by atoms with E-state index in [0.29, 0.717) is 30.5 Å². The molecule has 0 saturated heterocycles. The molecule has 0 spiro atoms. The number of rotatable bonds is 7. The summed E-state index contributed by atoms with van der Waals surface area (Å²) in [6.45, 7) is 9.30. The Balaban J connectivity index is 4.02. The zero-order valence-corrected chi connectivity index (χ0v) is 11.4. The van der Waals surface area contributed by atoms with Crippen LogP contribution >= 0.6 is 12.2 Å². The topological polar surface area (TPSA) is 58.4 Å². The maximum absolute atomic E-state index is 11.5. The van der Waals surface area contributed by atoms with E-state index in [1.165, 1.54) is 0 Å². The molecular weight excluding hydrogens is 222 g/mol. The molecule has 0 heterocycles. The second kappa shape index (κ2) is 7.57. The van der Waals surface area contributed by atoms with Crippen LogP contribution in [-0.4, -0.2) is 41.0 Å². The van der Waals surface area contributed by atoms with Crippen LogP contribution in [0.3, 0.4) is 0 Å². The number of amides is 1. The minimum atomic E-state index is 0.0728.